The van der Waals surface area contributed by atoms with Crippen molar-refractivity contribution in [3.63, 3.8) is 0 Å². The summed E-state index contributed by atoms with van der Waals surface area (Å²) in [5, 5.41) is 8.44. The van der Waals surface area contributed by atoms with Crippen LogP contribution in [-0.2, 0) is 9.59 Å². The predicted molar refractivity (Wildman–Crippen MR) is 120 cm³/mol. The summed E-state index contributed by atoms with van der Waals surface area (Å²) in [6.07, 6.45) is 4.19. The number of nitrogens with zero attached hydrogens (tertiary/aromatic N) is 2. The average Bonchev–Trinajstić information content (AvgIpc) is 3.30. The number of piperidine rings is 1. The predicted octanol–water partition coefficient (Wildman–Crippen LogP) is 2.91. The number of carbonyl (C=O) groups excluding carboxylic acids is 3. The molecular formula is C23H26N4O3S. The van der Waals surface area contributed by atoms with E-state index in [1.54, 1.807) is 0 Å². The molecule has 1 aliphatic carbocycles. The molecule has 7 nitrogen and oxygen atoms in total. The monoisotopic (exact) mass is 438 g/mol. The number of rotatable bonds is 5. The van der Waals surface area contributed by atoms with Crippen molar-refractivity contribution in [2.24, 2.45) is 16.9 Å². The number of likely N-dealkylation sites (tertiary alicyclic amines) is 1. The summed E-state index contributed by atoms with van der Waals surface area (Å²) >= 11 is 1.53. The van der Waals surface area contributed by atoms with Crippen LogP contribution in [0.1, 0.15) is 48.2 Å². The number of nitrogens with one attached hydrogen (secondary N) is 2. The Morgan fingerprint density at radius 2 is 1.94 bits per heavy atom. The number of hydrazone groups is 1. The van der Waals surface area contributed by atoms with E-state index in [1.807, 2.05) is 35.2 Å². The molecule has 0 radical (unpaired) electrons. The summed E-state index contributed by atoms with van der Waals surface area (Å²) in [5.74, 6) is 0.706. The third-order valence-corrected chi connectivity index (χ3v) is 7.86. The summed E-state index contributed by atoms with van der Waals surface area (Å²) in [6.45, 7) is 1.41. The second-order valence-electron chi connectivity index (χ2n) is 8.76. The van der Waals surface area contributed by atoms with Gasteiger partial charge in [-0.1, -0.05) is 18.2 Å². The molecule has 8 heteroatoms. The van der Waals surface area contributed by atoms with E-state index in [9.17, 15) is 14.4 Å². The number of thiophene rings is 1. The van der Waals surface area contributed by atoms with Gasteiger partial charge in [-0.25, -0.2) is 5.43 Å². The van der Waals surface area contributed by atoms with Crippen molar-refractivity contribution in [1.29, 1.82) is 0 Å². The molecule has 3 heterocycles. The molecule has 2 aliphatic heterocycles. The number of hydrogen-bond acceptors (Lipinski definition) is 5. The second kappa shape index (κ2) is 8.42. The molecule has 3 atom stereocenters. The van der Waals surface area contributed by atoms with Gasteiger partial charge in [0.15, 0.2) is 0 Å². The first-order chi connectivity index (χ1) is 15.1. The highest BCUT2D eigenvalue weighted by atomic mass is 32.1. The lowest BCUT2D eigenvalue weighted by molar-refractivity contribution is -0.133. The SMILES string of the molecule is O=C1CCC(CCC(=O)N2C[C@H]3CC[C@@H](C2)C3NC(=O)c2cc3ccccc3s2)=NN1. The van der Waals surface area contributed by atoms with Crippen molar-refractivity contribution in [1.82, 2.24) is 15.6 Å². The third kappa shape index (κ3) is 4.21. The first-order valence-electron chi connectivity index (χ1n) is 11.0. The Hall–Kier alpha value is -2.74. The Morgan fingerprint density at radius 1 is 1.16 bits per heavy atom. The van der Waals surface area contributed by atoms with Crippen LogP contribution in [0.4, 0.5) is 0 Å². The minimum Gasteiger partial charge on any atom is -0.348 e. The van der Waals surface area contributed by atoms with Gasteiger partial charge in [-0.2, -0.15) is 5.10 Å². The van der Waals surface area contributed by atoms with E-state index in [0.29, 0.717) is 50.6 Å². The molecule has 5 rings (SSSR count). The number of carbonyl (C=O) groups is 3. The summed E-state index contributed by atoms with van der Waals surface area (Å²) in [5.41, 5.74) is 3.38. The van der Waals surface area contributed by atoms with E-state index in [-0.39, 0.29) is 23.8 Å². The quantitative estimate of drug-likeness (QED) is 0.752. The molecule has 1 saturated carbocycles. The van der Waals surface area contributed by atoms with E-state index in [2.05, 4.69) is 15.8 Å². The lowest BCUT2D eigenvalue weighted by atomic mass is 9.91. The average molecular weight is 439 g/mol. The molecule has 31 heavy (non-hydrogen) atoms. The highest BCUT2D eigenvalue weighted by molar-refractivity contribution is 7.20. The molecule has 1 saturated heterocycles. The molecule has 2 bridgehead atoms. The summed E-state index contributed by atoms with van der Waals surface area (Å²) in [6, 6.07) is 10.2. The molecule has 3 aliphatic rings. The van der Waals surface area contributed by atoms with Crippen LogP contribution in [0.5, 0.6) is 0 Å². The first-order valence-corrected chi connectivity index (χ1v) is 11.8. The van der Waals surface area contributed by atoms with Gasteiger partial charge in [0.2, 0.25) is 11.8 Å². The zero-order chi connectivity index (χ0) is 21.4. The van der Waals surface area contributed by atoms with E-state index in [1.165, 1.54) is 11.3 Å². The normalized spacial score (nSPS) is 25.3. The van der Waals surface area contributed by atoms with Crippen LogP contribution in [0.25, 0.3) is 10.1 Å². The van der Waals surface area contributed by atoms with Crippen molar-refractivity contribution < 1.29 is 14.4 Å². The Balaban J connectivity index is 1.17. The zero-order valence-corrected chi connectivity index (χ0v) is 18.1. The topological polar surface area (TPSA) is 90.9 Å². The summed E-state index contributed by atoms with van der Waals surface area (Å²) < 4.78 is 1.12. The summed E-state index contributed by atoms with van der Waals surface area (Å²) in [4.78, 5) is 39.6. The lowest BCUT2D eigenvalue weighted by Gasteiger charge is -2.38. The van der Waals surface area contributed by atoms with Crippen LogP contribution >= 0.6 is 11.3 Å². The molecular weight excluding hydrogens is 412 g/mol. The molecule has 3 amide bonds. The molecule has 1 aromatic heterocycles. The van der Waals surface area contributed by atoms with Crippen LogP contribution < -0.4 is 10.7 Å². The fourth-order valence-electron chi connectivity index (χ4n) is 5.08. The molecule has 1 unspecified atom stereocenters. The Labute approximate surface area is 184 Å². The van der Waals surface area contributed by atoms with Crippen LogP contribution in [0, 0.1) is 11.8 Å². The first kappa shape index (κ1) is 20.2. The van der Waals surface area contributed by atoms with Crippen LogP contribution in [0.15, 0.2) is 35.4 Å². The van der Waals surface area contributed by atoms with Gasteiger partial charge in [0.25, 0.3) is 5.91 Å². The third-order valence-electron chi connectivity index (χ3n) is 6.74. The number of fused-ring (bicyclic) bond motifs is 3. The van der Waals surface area contributed by atoms with Gasteiger partial charge >= 0.3 is 0 Å². The molecule has 2 fully saturated rings. The fraction of sp³-hybridized carbons (Fsp3) is 0.478. The Kier molecular flexibility index (Phi) is 5.48. The lowest BCUT2D eigenvalue weighted by Crippen LogP contribution is -2.53. The van der Waals surface area contributed by atoms with Crippen molar-refractivity contribution in [2.75, 3.05) is 13.1 Å². The van der Waals surface area contributed by atoms with Crippen molar-refractivity contribution in [2.45, 2.75) is 44.6 Å². The Bertz CT molecular complexity index is 1020. The van der Waals surface area contributed by atoms with Gasteiger partial charge in [-0.3, -0.25) is 14.4 Å². The number of hydrogen-bond donors (Lipinski definition) is 2. The van der Waals surface area contributed by atoms with E-state index < -0.39 is 0 Å². The molecule has 1 aromatic carbocycles. The molecule has 2 N–H and O–H groups in total. The van der Waals surface area contributed by atoms with Crippen molar-refractivity contribution in [3.05, 3.63) is 35.2 Å². The zero-order valence-electron chi connectivity index (χ0n) is 17.3. The number of amides is 3. The van der Waals surface area contributed by atoms with Gasteiger partial charge in [-0.15, -0.1) is 11.3 Å². The minimum atomic E-state index is -0.0635. The van der Waals surface area contributed by atoms with Crippen LogP contribution in [-0.4, -0.2) is 47.5 Å². The maximum absolute atomic E-state index is 12.9. The highest BCUT2D eigenvalue weighted by Crippen LogP contribution is 2.37. The van der Waals surface area contributed by atoms with E-state index in [4.69, 9.17) is 0 Å². The van der Waals surface area contributed by atoms with Gasteiger partial charge < -0.3 is 10.2 Å². The van der Waals surface area contributed by atoms with Crippen LogP contribution in [0.2, 0.25) is 0 Å². The van der Waals surface area contributed by atoms with Crippen molar-refractivity contribution >= 4 is 44.9 Å². The van der Waals surface area contributed by atoms with Gasteiger partial charge in [0.1, 0.15) is 0 Å². The van der Waals surface area contributed by atoms with Gasteiger partial charge in [0.05, 0.1) is 4.88 Å². The maximum Gasteiger partial charge on any atom is 0.261 e. The largest absolute Gasteiger partial charge is 0.348 e. The fourth-order valence-corrected chi connectivity index (χ4v) is 6.05. The smallest absolute Gasteiger partial charge is 0.261 e. The second-order valence-corrected chi connectivity index (χ2v) is 9.84. The maximum atomic E-state index is 12.9. The van der Waals surface area contributed by atoms with Gasteiger partial charge in [-0.05, 0) is 55.0 Å². The molecule has 162 valence electrons. The Morgan fingerprint density at radius 3 is 2.65 bits per heavy atom. The van der Waals surface area contributed by atoms with E-state index in [0.717, 1.165) is 33.5 Å². The van der Waals surface area contributed by atoms with Gasteiger partial charge in [0, 0.05) is 42.4 Å². The number of benzene rings is 1. The molecule has 2 aromatic rings. The van der Waals surface area contributed by atoms with E-state index >= 15 is 0 Å². The molecule has 0 spiro atoms. The minimum absolute atomic E-state index is 0.000216. The summed E-state index contributed by atoms with van der Waals surface area (Å²) in [7, 11) is 0. The van der Waals surface area contributed by atoms with Crippen LogP contribution in [0.3, 0.4) is 0 Å². The highest BCUT2D eigenvalue weighted by Gasteiger charge is 2.44. The standard InChI is InChI=1S/C23H26N4O3S/c28-20-9-7-17(25-26-20)8-10-21(29)27-12-15-5-6-16(13-27)22(15)24-23(30)19-11-14-3-1-2-4-18(14)31-19/h1-4,11,15-16,22H,5-10,12-13H2,(H,24,30)(H,26,28)/t15-,16+,22?. The van der Waals surface area contributed by atoms with Crippen molar-refractivity contribution in [3.8, 4) is 0 Å².